The second-order valence-corrected chi connectivity index (χ2v) is 7.07. The van der Waals surface area contributed by atoms with Gasteiger partial charge < -0.3 is 10.0 Å². The Morgan fingerprint density at radius 2 is 1.84 bits per heavy atom. The quantitative estimate of drug-likeness (QED) is 0.932. The molecule has 0 saturated carbocycles. The highest BCUT2D eigenvalue weighted by Crippen LogP contribution is 2.38. The van der Waals surface area contributed by atoms with Crippen LogP contribution in [0.15, 0.2) is 48.8 Å². The molecule has 4 rings (SSSR count). The minimum atomic E-state index is -0.897. The summed E-state index contributed by atoms with van der Waals surface area (Å²) in [5.41, 5.74) is 0.641. The Labute approximate surface area is 147 Å². The molecule has 0 unspecified atom stereocenters. The van der Waals surface area contributed by atoms with Gasteiger partial charge in [-0.15, -0.1) is 0 Å². The topological polar surface area (TPSA) is 39.6 Å². The zero-order valence-corrected chi connectivity index (χ0v) is 14.3. The summed E-state index contributed by atoms with van der Waals surface area (Å²) in [5.74, 6) is -0.298. The number of rotatable bonds is 3. The van der Waals surface area contributed by atoms with Crippen LogP contribution in [0.1, 0.15) is 24.8 Å². The molecule has 0 spiro atoms. The summed E-state index contributed by atoms with van der Waals surface area (Å²) in [6.07, 6.45) is 5.79. The average Bonchev–Trinajstić information content (AvgIpc) is 3.18. The maximum Gasteiger partial charge on any atom is 0.164 e. The van der Waals surface area contributed by atoms with Crippen LogP contribution in [0.5, 0.6) is 0 Å². The molecule has 0 bridgehead atoms. The Hall–Kier alpha value is -1.98. The van der Waals surface area contributed by atoms with Crippen molar-refractivity contribution in [1.29, 1.82) is 0 Å². The Morgan fingerprint density at radius 3 is 2.56 bits per heavy atom. The molecule has 132 valence electrons. The van der Waals surface area contributed by atoms with Crippen molar-refractivity contribution >= 4 is 5.69 Å². The maximum atomic E-state index is 14.2. The molecule has 1 aromatic heterocycles. The number of hydrogen-bond acceptors (Lipinski definition) is 4. The normalized spacial score (nSPS) is 27.6. The lowest BCUT2D eigenvalue weighted by atomic mass is 9.79. The van der Waals surface area contributed by atoms with Crippen molar-refractivity contribution in [1.82, 2.24) is 9.88 Å². The van der Waals surface area contributed by atoms with Gasteiger partial charge >= 0.3 is 0 Å². The van der Waals surface area contributed by atoms with E-state index in [1.165, 1.54) is 6.20 Å². The molecule has 2 saturated heterocycles. The average molecular weight is 341 g/mol. The predicted octanol–water partition coefficient (Wildman–Crippen LogP) is 2.78. The van der Waals surface area contributed by atoms with Crippen LogP contribution in [0.3, 0.4) is 0 Å². The second-order valence-electron chi connectivity index (χ2n) is 7.07. The van der Waals surface area contributed by atoms with Gasteiger partial charge in [-0.05, 0) is 44.0 Å². The van der Waals surface area contributed by atoms with E-state index in [2.05, 4.69) is 14.8 Å². The first-order valence-electron chi connectivity index (χ1n) is 9.05. The molecule has 1 N–H and O–H groups in total. The molecule has 2 fully saturated rings. The van der Waals surface area contributed by atoms with Crippen LogP contribution in [-0.2, 0) is 5.60 Å². The van der Waals surface area contributed by atoms with Crippen molar-refractivity contribution in [3.05, 3.63) is 60.2 Å². The predicted molar refractivity (Wildman–Crippen MR) is 96.0 cm³/mol. The number of pyridine rings is 1. The van der Waals surface area contributed by atoms with Crippen LogP contribution < -0.4 is 4.90 Å². The summed E-state index contributed by atoms with van der Waals surface area (Å²) in [5, 5.41) is 11.6. The van der Waals surface area contributed by atoms with Gasteiger partial charge in [-0.3, -0.25) is 9.88 Å². The van der Waals surface area contributed by atoms with Crippen LogP contribution in [0, 0.1) is 5.82 Å². The molecule has 0 aliphatic carbocycles. The third-order valence-electron chi connectivity index (χ3n) is 5.65. The first-order chi connectivity index (χ1) is 12.2. The van der Waals surface area contributed by atoms with Crippen LogP contribution in [-0.4, -0.2) is 47.2 Å². The highest BCUT2D eigenvalue weighted by molar-refractivity contribution is 5.48. The zero-order valence-electron chi connectivity index (χ0n) is 14.3. The molecule has 3 heterocycles. The molecule has 4 nitrogen and oxygen atoms in total. The van der Waals surface area contributed by atoms with E-state index in [1.807, 2.05) is 30.3 Å². The van der Waals surface area contributed by atoms with E-state index in [1.54, 1.807) is 12.3 Å². The van der Waals surface area contributed by atoms with Crippen LogP contribution >= 0.6 is 0 Å². The number of hydrogen-bond donors (Lipinski definition) is 1. The molecule has 5 heteroatoms. The summed E-state index contributed by atoms with van der Waals surface area (Å²) >= 11 is 0. The highest BCUT2D eigenvalue weighted by atomic mass is 19.1. The lowest BCUT2D eigenvalue weighted by molar-refractivity contribution is -0.0603. The molecule has 2 aromatic rings. The van der Waals surface area contributed by atoms with Gasteiger partial charge in [0.25, 0.3) is 0 Å². The van der Waals surface area contributed by atoms with E-state index in [4.69, 9.17) is 0 Å². The number of halogens is 1. The Bertz CT molecular complexity index is 720. The van der Waals surface area contributed by atoms with Crippen molar-refractivity contribution in [3.63, 3.8) is 0 Å². The van der Waals surface area contributed by atoms with E-state index in [9.17, 15) is 9.50 Å². The van der Waals surface area contributed by atoms with E-state index < -0.39 is 5.60 Å². The Balaban J connectivity index is 1.67. The van der Waals surface area contributed by atoms with Crippen LogP contribution in [0.25, 0.3) is 0 Å². The minimum Gasteiger partial charge on any atom is -0.383 e. The van der Waals surface area contributed by atoms with Crippen molar-refractivity contribution in [2.24, 2.45) is 0 Å². The van der Waals surface area contributed by atoms with Crippen molar-refractivity contribution in [2.75, 3.05) is 31.1 Å². The number of benzene rings is 1. The van der Waals surface area contributed by atoms with E-state index in [0.717, 1.165) is 31.5 Å². The first-order valence-corrected chi connectivity index (χ1v) is 9.05. The minimum absolute atomic E-state index is 0.0429. The third kappa shape index (κ3) is 3.02. The largest absolute Gasteiger partial charge is 0.383 e. The standard InChI is InChI=1S/C20H24FN3O/c21-17-14-22-10-8-18(17)24-13-9-20(25,16-6-2-1-3-7-16)19(15-24)23-11-4-5-12-23/h1-3,6-8,10,14,19,25H,4-5,9,11-13,15H2/t19-,20+/m1/s1. The van der Waals surface area contributed by atoms with E-state index in [-0.39, 0.29) is 11.9 Å². The van der Waals surface area contributed by atoms with Gasteiger partial charge in [0, 0.05) is 19.3 Å². The lowest BCUT2D eigenvalue weighted by Crippen LogP contribution is -2.60. The van der Waals surface area contributed by atoms with Gasteiger partial charge in [0.15, 0.2) is 5.82 Å². The van der Waals surface area contributed by atoms with Gasteiger partial charge in [0.05, 0.1) is 17.9 Å². The van der Waals surface area contributed by atoms with Crippen molar-refractivity contribution in [3.8, 4) is 0 Å². The van der Waals surface area contributed by atoms with Gasteiger partial charge in [-0.1, -0.05) is 30.3 Å². The van der Waals surface area contributed by atoms with Gasteiger partial charge in [0.2, 0.25) is 0 Å². The molecule has 2 atom stereocenters. The van der Waals surface area contributed by atoms with Crippen molar-refractivity contribution < 1.29 is 9.50 Å². The molecular formula is C20H24FN3O. The third-order valence-corrected chi connectivity index (χ3v) is 5.65. The number of nitrogens with zero attached hydrogens (tertiary/aromatic N) is 3. The molecule has 0 radical (unpaired) electrons. The lowest BCUT2D eigenvalue weighted by Gasteiger charge is -2.49. The fraction of sp³-hybridized carbons (Fsp3) is 0.450. The van der Waals surface area contributed by atoms with E-state index >= 15 is 0 Å². The Kier molecular flexibility index (Phi) is 4.44. The van der Waals surface area contributed by atoms with Gasteiger partial charge in [0.1, 0.15) is 5.60 Å². The number of anilines is 1. The fourth-order valence-electron chi connectivity index (χ4n) is 4.30. The summed E-state index contributed by atoms with van der Waals surface area (Å²) < 4.78 is 14.2. The Morgan fingerprint density at radius 1 is 1.08 bits per heavy atom. The number of likely N-dealkylation sites (tertiary alicyclic amines) is 1. The monoisotopic (exact) mass is 341 g/mol. The first kappa shape index (κ1) is 16.5. The smallest absolute Gasteiger partial charge is 0.164 e. The SMILES string of the molecule is O[C@]1(c2ccccc2)CCN(c2ccncc2F)C[C@H]1N1CCCC1. The molecule has 25 heavy (non-hydrogen) atoms. The van der Waals surface area contributed by atoms with E-state index in [0.29, 0.717) is 25.2 Å². The summed E-state index contributed by atoms with van der Waals surface area (Å²) in [7, 11) is 0. The zero-order chi connectivity index (χ0) is 17.3. The molecule has 2 aliphatic heterocycles. The number of aromatic nitrogens is 1. The molecule has 1 aromatic carbocycles. The van der Waals surface area contributed by atoms with Crippen LogP contribution in [0.4, 0.5) is 10.1 Å². The van der Waals surface area contributed by atoms with Crippen LogP contribution in [0.2, 0.25) is 0 Å². The van der Waals surface area contributed by atoms with Gasteiger partial charge in [-0.2, -0.15) is 0 Å². The second kappa shape index (κ2) is 6.73. The molecule has 0 amide bonds. The summed E-state index contributed by atoms with van der Waals surface area (Å²) in [6, 6.07) is 11.6. The summed E-state index contributed by atoms with van der Waals surface area (Å²) in [6.45, 7) is 3.22. The fourth-order valence-corrected chi connectivity index (χ4v) is 4.30. The van der Waals surface area contributed by atoms with Crippen molar-refractivity contribution in [2.45, 2.75) is 30.9 Å². The summed E-state index contributed by atoms with van der Waals surface area (Å²) in [4.78, 5) is 8.28. The number of piperidine rings is 1. The molecular weight excluding hydrogens is 317 g/mol. The number of aliphatic hydroxyl groups is 1. The highest BCUT2D eigenvalue weighted by Gasteiger charge is 2.46. The molecule has 2 aliphatic rings. The maximum absolute atomic E-state index is 14.2. The van der Waals surface area contributed by atoms with Gasteiger partial charge in [-0.25, -0.2) is 4.39 Å².